The zero-order valence-electron chi connectivity index (χ0n) is 22.8. The normalized spacial score (nSPS) is 22.2. The van der Waals surface area contributed by atoms with Crippen LogP contribution in [-0.2, 0) is 35.0 Å². The fraction of sp³-hybridized carbons (Fsp3) is 0.379. The maximum Gasteiger partial charge on any atom is 0.414 e. The third-order valence-electron chi connectivity index (χ3n) is 8.44. The highest BCUT2D eigenvalue weighted by Crippen LogP contribution is 2.44. The highest BCUT2D eigenvalue weighted by Gasteiger charge is 2.63. The first-order chi connectivity index (χ1) is 19.8. The number of aromatic nitrogens is 2. The number of nitrogens with one attached hydrogen (secondary N) is 2. The van der Waals surface area contributed by atoms with Crippen LogP contribution in [0.4, 0.5) is 22.4 Å². The molecule has 0 radical (unpaired) electrons. The third kappa shape index (κ3) is 4.42. The number of imide groups is 1. The molecule has 1 unspecified atom stereocenters. The molecule has 1 spiro atoms. The van der Waals surface area contributed by atoms with Gasteiger partial charge in [-0.15, -0.1) is 0 Å². The van der Waals surface area contributed by atoms with Crippen LogP contribution in [0.5, 0.6) is 0 Å². The second kappa shape index (κ2) is 9.65. The van der Waals surface area contributed by atoms with Crippen molar-refractivity contribution in [3.63, 3.8) is 0 Å². The van der Waals surface area contributed by atoms with Crippen LogP contribution in [-0.4, -0.2) is 75.3 Å². The smallest absolute Gasteiger partial charge is 0.338 e. The summed E-state index contributed by atoms with van der Waals surface area (Å²) in [5.41, 5.74) is -0.439. The molecule has 42 heavy (non-hydrogen) atoms. The van der Waals surface area contributed by atoms with Crippen LogP contribution in [0.15, 0.2) is 54.9 Å². The first-order valence-electron chi connectivity index (χ1n) is 13.4. The van der Waals surface area contributed by atoms with Crippen LogP contribution in [0.3, 0.4) is 0 Å². The van der Waals surface area contributed by atoms with Crippen molar-refractivity contribution < 1.29 is 31.9 Å². The number of alkyl halides is 3. The van der Waals surface area contributed by atoms with E-state index in [1.165, 1.54) is 24.1 Å². The summed E-state index contributed by atoms with van der Waals surface area (Å²) in [4.78, 5) is 43.3. The van der Waals surface area contributed by atoms with Gasteiger partial charge in [0.2, 0.25) is 5.91 Å². The van der Waals surface area contributed by atoms with Gasteiger partial charge in [-0.1, -0.05) is 30.3 Å². The number of urea groups is 1. The van der Waals surface area contributed by atoms with Gasteiger partial charge in [-0.3, -0.25) is 14.3 Å². The molecule has 2 saturated heterocycles. The maximum absolute atomic E-state index is 14.1. The number of benzene rings is 2. The van der Waals surface area contributed by atoms with E-state index in [0.717, 1.165) is 33.7 Å². The lowest BCUT2D eigenvalue weighted by Crippen LogP contribution is -2.77. The molecule has 1 aromatic heterocycles. The third-order valence-corrected chi connectivity index (χ3v) is 8.44. The van der Waals surface area contributed by atoms with Gasteiger partial charge >= 0.3 is 12.2 Å². The quantitative estimate of drug-likeness (QED) is 0.343. The molecule has 4 amide bonds. The summed E-state index contributed by atoms with van der Waals surface area (Å²) in [5, 5.41) is 9.06. The lowest BCUT2D eigenvalue weighted by Gasteiger charge is -2.50. The second-order valence-electron chi connectivity index (χ2n) is 11.4. The Morgan fingerprint density at radius 3 is 2.43 bits per heavy atom. The van der Waals surface area contributed by atoms with E-state index in [0.29, 0.717) is 17.5 Å². The summed E-state index contributed by atoms with van der Waals surface area (Å²) >= 11 is 0. The number of likely N-dealkylation sites (tertiary alicyclic amines) is 1. The topological polar surface area (TPSA) is 99.6 Å². The Kier molecular flexibility index (Phi) is 6.41. The zero-order chi connectivity index (χ0) is 30.0. The first-order valence-corrected chi connectivity index (χ1v) is 13.4. The summed E-state index contributed by atoms with van der Waals surface area (Å²) in [5.74, 6) is -2.37. The molecule has 3 aromatic rings. The van der Waals surface area contributed by atoms with E-state index in [4.69, 9.17) is 0 Å². The van der Waals surface area contributed by atoms with Gasteiger partial charge < -0.3 is 15.5 Å². The number of carbonyl (C=O) groups is 3. The van der Waals surface area contributed by atoms with E-state index in [1.807, 2.05) is 18.3 Å². The summed E-state index contributed by atoms with van der Waals surface area (Å²) in [6.45, 7) is -0.940. The molecule has 6 rings (SSSR count). The Morgan fingerprint density at radius 2 is 1.81 bits per heavy atom. The summed E-state index contributed by atoms with van der Waals surface area (Å²) in [6, 6.07) is 8.02. The monoisotopic (exact) mass is 584 g/mol. The number of hydrogen-bond donors (Lipinski definition) is 2. The van der Waals surface area contributed by atoms with Crippen LogP contribution in [0.2, 0.25) is 0 Å². The highest BCUT2D eigenvalue weighted by atomic mass is 19.4. The number of aryl methyl sites for hydroxylation is 2. The van der Waals surface area contributed by atoms with E-state index >= 15 is 0 Å². The first kappa shape index (κ1) is 27.9. The van der Waals surface area contributed by atoms with Crippen molar-refractivity contribution in [2.45, 2.75) is 42.6 Å². The molecule has 2 N–H and O–H groups in total. The molecule has 0 saturated carbocycles. The number of carbonyl (C=O) groups excluding carboxylic acids is 3. The molecule has 2 aromatic carbocycles. The summed E-state index contributed by atoms with van der Waals surface area (Å²) in [6.07, 6.45) is -0.808. The molecular formula is C29H28F4N6O3. The van der Waals surface area contributed by atoms with Gasteiger partial charge in [0, 0.05) is 38.3 Å². The molecule has 3 heterocycles. The SMILES string of the molecule is CN1CC(NC(=O)C(Cc2ccc(F)cc2)N2C(=O)N[C@]3(CCc4cc(-c5cnn(C)c5)ccc43)C2=O)(C(F)(F)F)C1. The summed E-state index contributed by atoms with van der Waals surface area (Å²) < 4.78 is 57.5. The fourth-order valence-electron chi connectivity index (χ4n) is 6.32. The van der Waals surface area contributed by atoms with Gasteiger partial charge in [-0.25, -0.2) is 14.1 Å². The Morgan fingerprint density at radius 1 is 1.10 bits per heavy atom. The molecule has 2 aliphatic heterocycles. The number of nitrogens with zero attached hydrogens (tertiary/aromatic N) is 4. The largest absolute Gasteiger partial charge is 0.414 e. The Labute approximate surface area is 238 Å². The molecule has 0 bridgehead atoms. The lowest BCUT2D eigenvalue weighted by molar-refractivity contribution is -0.231. The van der Waals surface area contributed by atoms with Gasteiger partial charge in [0.1, 0.15) is 17.4 Å². The minimum atomic E-state index is -4.76. The van der Waals surface area contributed by atoms with E-state index in [2.05, 4.69) is 15.7 Å². The minimum Gasteiger partial charge on any atom is -0.338 e. The lowest BCUT2D eigenvalue weighted by atomic mass is 9.88. The van der Waals surface area contributed by atoms with Crippen LogP contribution in [0.25, 0.3) is 11.1 Å². The van der Waals surface area contributed by atoms with Gasteiger partial charge in [0.25, 0.3) is 5.91 Å². The van der Waals surface area contributed by atoms with Crippen molar-refractivity contribution in [1.29, 1.82) is 0 Å². The van der Waals surface area contributed by atoms with Crippen molar-refractivity contribution in [3.05, 3.63) is 77.4 Å². The second-order valence-corrected chi connectivity index (χ2v) is 11.4. The average molecular weight is 585 g/mol. The van der Waals surface area contributed by atoms with Crippen molar-refractivity contribution >= 4 is 17.8 Å². The number of amides is 4. The number of fused-ring (bicyclic) bond motifs is 2. The zero-order valence-corrected chi connectivity index (χ0v) is 22.8. The van der Waals surface area contributed by atoms with E-state index in [-0.39, 0.29) is 12.8 Å². The fourth-order valence-corrected chi connectivity index (χ4v) is 6.32. The van der Waals surface area contributed by atoms with Crippen molar-refractivity contribution in [1.82, 2.24) is 30.2 Å². The predicted molar refractivity (Wildman–Crippen MR) is 142 cm³/mol. The number of likely N-dealkylation sites (N-methyl/N-ethyl adjacent to an activating group) is 1. The number of hydrogen-bond acceptors (Lipinski definition) is 5. The predicted octanol–water partition coefficient (Wildman–Crippen LogP) is 2.89. The summed E-state index contributed by atoms with van der Waals surface area (Å²) in [7, 11) is 3.29. The van der Waals surface area contributed by atoms with Gasteiger partial charge in [-0.05, 0) is 54.3 Å². The molecule has 1 aliphatic carbocycles. The standard InChI is InChI=1S/C29H28F4N6O3/c1-37-15-27(16-37,29(31,32)33)35-24(40)23(11-17-3-6-21(30)7-4-17)39-25(41)28(36-26(39)42)10-9-19-12-18(5-8-22(19)28)20-13-34-38(2)14-20/h3-8,12-14,23H,9-11,15-16H2,1-2H3,(H,35,40)(H,36,42)/t23?,28-/m0/s1. The molecule has 2 fully saturated rings. The molecule has 9 nitrogen and oxygen atoms in total. The molecular weight excluding hydrogens is 556 g/mol. The molecule has 13 heteroatoms. The average Bonchev–Trinajstić information content (AvgIpc) is 3.58. The van der Waals surface area contributed by atoms with Crippen molar-refractivity contribution in [3.8, 4) is 11.1 Å². The molecule has 2 atom stereocenters. The van der Waals surface area contributed by atoms with Crippen LogP contribution in [0, 0.1) is 5.82 Å². The Hall–Kier alpha value is -4.26. The van der Waals surface area contributed by atoms with E-state index in [9.17, 15) is 31.9 Å². The Balaban J connectivity index is 1.34. The van der Waals surface area contributed by atoms with Crippen LogP contribution >= 0.6 is 0 Å². The molecule has 3 aliphatic rings. The van der Waals surface area contributed by atoms with E-state index < -0.39 is 60.0 Å². The molecule has 220 valence electrons. The van der Waals surface area contributed by atoms with Gasteiger partial charge in [0.15, 0.2) is 5.54 Å². The number of halogens is 4. The van der Waals surface area contributed by atoms with Crippen molar-refractivity contribution in [2.75, 3.05) is 20.1 Å². The van der Waals surface area contributed by atoms with Crippen molar-refractivity contribution in [2.24, 2.45) is 7.05 Å². The van der Waals surface area contributed by atoms with Crippen LogP contribution in [0.1, 0.15) is 23.1 Å². The van der Waals surface area contributed by atoms with E-state index in [1.54, 1.807) is 24.0 Å². The number of rotatable bonds is 6. The Bertz CT molecular complexity index is 1580. The van der Waals surface area contributed by atoms with Gasteiger partial charge in [0.05, 0.1) is 6.20 Å². The van der Waals surface area contributed by atoms with Crippen LogP contribution < -0.4 is 10.6 Å². The highest BCUT2D eigenvalue weighted by molar-refractivity contribution is 6.11. The maximum atomic E-state index is 14.1. The minimum absolute atomic E-state index is 0.224. The van der Waals surface area contributed by atoms with Gasteiger partial charge in [-0.2, -0.15) is 18.3 Å².